The molecule has 0 saturated carbocycles. The standard InChI is InChI=1S/C8H9FN2O4S/c1-15-8(12)11-6-4-5(9)2-3-7(6)16(10,13)14/h2-4H,1H3,(H,11,12)(H2,10,13,14). The number of ether oxygens (including phenoxy) is 1. The normalized spacial score (nSPS) is 10.9. The molecule has 0 aliphatic rings. The number of rotatable bonds is 2. The molecule has 1 aromatic carbocycles. The summed E-state index contributed by atoms with van der Waals surface area (Å²) in [5, 5.41) is 6.93. The Morgan fingerprint density at radius 3 is 2.62 bits per heavy atom. The molecule has 8 heteroatoms. The van der Waals surface area contributed by atoms with Gasteiger partial charge in [-0.2, -0.15) is 0 Å². The zero-order valence-corrected chi connectivity index (χ0v) is 9.05. The third-order valence-corrected chi connectivity index (χ3v) is 2.64. The highest BCUT2D eigenvalue weighted by atomic mass is 32.2. The Morgan fingerprint density at radius 2 is 2.12 bits per heavy atom. The fraction of sp³-hybridized carbons (Fsp3) is 0.125. The van der Waals surface area contributed by atoms with Crippen LogP contribution in [0.3, 0.4) is 0 Å². The van der Waals surface area contributed by atoms with Crippen molar-refractivity contribution in [3.05, 3.63) is 24.0 Å². The van der Waals surface area contributed by atoms with Crippen molar-refractivity contribution in [2.24, 2.45) is 5.14 Å². The summed E-state index contributed by atoms with van der Waals surface area (Å²) in [5.74, 6) is -0.709. The van der Waals surface area contributed by atoms with E-state index in [4.69, 9.17) is 5.14 Å². The van der Waals surface area contributed by atoms with E-state index in [1.807, 2.05) is 5.32 Å². The van der Waals surface area contributed by atoms with Gasteiger partial charge in [0.2, 0.25) is 10.0 Å². The summed E-state index contributed by atoms with van der Waals surface area (Å²) in [6.45, 7) is 0. The topological polar surface area (TPSA) is 98.5 Å². The van der Waals surface area contributed by atoms with E-state index in [0.717, 1.165) is 25.3 Å². The first kappa shape index (κ1) is 12.4. The van der Waals surface area contributed by atoms with E-state index in [2.05, 4.69) is 4.74 Å². The molecular weight excluding hydrogens is 239 g/mol. The highest BCUT2D eigenvalue weighted by Gasteiger charge is 2.16. The van der Waals surface area contributed by atoms with Gasteiger partial charge >= 0.3 is 6.09 Å². The van der Waals surface area contributed by atoms with Gasteiger partial charge in [-0.3, -0.25) is 5.32 Å². The Hall–Kier alpha value is -1.67. The number of primary sulfonamides is 1. The third-order valence-electron chi connectivity index (χ3n) is 1.67. The Balaban J connectivity index is 3.24. The van der Waals surface area contributed by atoms with Crippen LogP contribution in [0.15, 0.2) is 23.1 Å². The molecule has 16 heavy (non-hydrogen) atoms. The molecule has 0 heterocycles. The van der Waals surface area contributed by atoms with Crippen LogP contribution in [-0.2, 0) is 14.8 Å². The molecule has 0 radical (unpaired) electrons. The Labute approximate surface area is 91.3 Å². The lowest BCUT2D eigenvalue weighted by molar-refractivity contribution is 0.187. The maximum Gasteiger partial charge on any atom is 0.411 e. The van der Waals surface area contributed by atoms with Crippen LogP contribution in [0, 0.1) is 5.82 Å². The molecule has 3 N–H and O–H groups in total. The molecule has 88 valence electrons. The van der Waals surface area contributed by atoms with Crippen LogP contribution in [0.25, 0.3) is 0 Å². The number of carbonyl (C=O) groups excluding carboxylic acids is 1. The van der Waals surface area contributed by atoms with Gasteiger partial charge in [-0.15, -0.1) is 0 Å². The third kappa shape index (κ3) is 2.91. The second kappa shape index (κ2) is 4.45. The van der Waals surface area contributed by atoms with Crippen LogP contribution in [0.5, 0.6) is 0 Å². The molecule has 0 aliphatic heterocycles. The van der Waals surface area contributed by atoms with Crippen molar-refractivity contribution in [2.45, 2.75) is 4.90 Å². The maximum atomic E-state index is 12.9. The molecule has 0 unspecified atom stereocenters. The van der Waals surface area contributed by atoms with E-state index in [0.29, 0.717) is 0 Å². The van der Waals surface area contributed by atoms with Gasteiger partial charge in [0.15, 0.2) is 0 Å². The molecule has 1 amide bonds. The van der Waals surface area contributed by atoms with Crippen molar-refractivity contribution < 1.29 is 22.3 Å². The average molecular weight is 248 g/mol. The van der Waals surface area contributed by atoms with Gasteiger partial charge in [-0.25, -0.2) is 22.7 Å². The number of hydrogen-bond acceptors (Lipinski definition) is 4. The fourth-order valence-corrected chi connectivity index (χ4v) is 1.68. The van der Waals surface area contributed by atoms with E-state index in [1.165, 1.54) is 0 Å². The summed E-state index contributed by atoms with van der Waals surface area (Å²) in [6, 6.07) is 2.70. The van der Waals surface area contributed by atoms with E-state index >= 15 is 0 Å². The first-order valence-electron chi connectivity index (χ1n) is 4.02. The number of hydrogen-bond donors (Lipinski definition) is 2. The summed E-state index contributed by atoms with van der Waals surface area (Å²) in [4.78, 5) is 10.5. The molecule has 0 saturated heterocycles. The van der Waals surface area contributed by atoms with Crippen LogP contribution < -0.4 is 10.5 Å². The second-order valence-corrected chi connectivity index (χ2v) is 4.33. The fourth-order valence-electron chi connectivity index (χ4n) is 1.01. The summed E-state index contributed by atoms with van der Waals surface area (Å²) in [5.41, 5.74) is -0.269. The minimum absolute atomic E-state index is 0.269. The highest BCUT2D eigenvalue weighted by Crippen LogP contribution is 2.21. The largest absolute Gasteiger partial charge is 0.453 e. The molecule has 0 aliphatic carbocycles. The minimum Gasteiger partial charge on any atom is -0.453 e. The van der Waals surface area contributed by atoms with Gasteiger partial charge in [0.1, 0.15) is 10.7 Å². The van der Waals surface area contributed by atoms with Gasteiger partial charge in [0.05, 0.1) is 12.8 Å². The van der Waals surface area contributed by atoms with Crippen LogP contribution in [0.1, 0.15) is 0 Å². The number of sulfonamides is 1. The number of carbonyl (C=O) groups is 1. The van der Waals surface area contributed by atoms with Crippen LogP contribution in [-0.4, -0.2) is 21.6 Å². The van der Waals surface area contributed by atoms with Gasteiger partial charge in [-0.1, -0.05) is 0 Å². The first-order chi connectivity index (χ1) is 7.34. The summed E-state index contributed by atoms with van der Waals surface area (Å²) >= 11 is 0. The minimum atomic E-state index is -4.04. The smallest absolute Gasteiger partial charge is 0.411 e. The highest BCUT2D eigenvalue weighted by molar-refractivity contribution is 7.89. The Morgan fingerprint density at radius 1 is 1.50 bits per heavy atom. The van der Waals surface area contributed by atoms with Crippen molar-refractivity contribution in [3.8, 4) is 0 Å². The number of nitrogens with two attached hydrogens (primary N) is 1. The van der Waals surface area contributed by atoms with Gasteiger partial charge in [0.25, 0.3) is 0 Å². The predicted molar refractivity (Wildman–Crippen MR) is 53.8 cm³/mol. The zero-order valence-electron chi connectivity index (χ0n) is 8.23. The van der Waals surface area contributed by atoms with E-state index < -0.39 is 21.9 Å². The van der Waals surface area contributed by atoms with E-state index in [9.17, 15) is 17.6 Å². The molecule has 0 fully saturated rings. The number of benzene rings is 1. The number of amides is 1. The molecule has 6 nitrogen and oxygen atoms in total. The van der Waals surface area contributed by atoms with Crippen molar-refractivity contribution >= 4 is 21.8 Å². The number of methoxy groups -OCH3 is 1. The molecule has 0 bridgehead atoms. The summed E-state index contributed by atoms with van der Waals surface area (Å²) in [7, 11) is -2.95. The van der Waals surface area contributed by atoms with Crippen LogP contribution in [0.4, 0.5) is 14.9 Å². The van der Waals surface area contributed by atoms with Gasteiger partial charge in [-0.05, 0) is 18.2 Å². The molecular formula is C8H9FN2O4S. The van der Waals surface area contributed by atoms with Crippen molar-refractivity contribution in [1.29, 1.82) is 0 Å². The predicted octanol–water partition coefficient (Wildman–Crippen LogP) is 0.651. The van der Waals surface area contributed by atoms with Crippen molar-refractivity contribution in [3.63, 3.8) is 0 Å². The molecule has 0 atom stereocenters. The maximum absolute atomic E-state index is 12.9. The first-order valence-corrected chi connectivity index (χ1v) is 5.56. The number of nitrogens with one attached hydrogen (secondary N) is 1. The Bertz CT molecular complexity index is 515. The monoisotopic (exact) mass is 248 g/mol. The van der Waals surface area contributed by atoms with Crippen molar-refractivity contribution in [1.82, 2.24) is 0 Å². The lowest BCUT2D eigenvalue weighted by Crippen LogP contribution is -2.18. The van der Waals surface area contributed by atoms with Gasteiger partial charge < -0.3 is 4.74 Å². The second-order valence-electron chi connectivity index (χ2n) is 2.80. The lowest BCUT2D eigenvalue weighted by atomic mass is 10.3. The van der Waals surface area contributed by atoms with E-state index in [-0.39, 0.29) is 10.6 Å². The summed E-state index contributed by atoms with van der Waals surface area (Å²) in [6.07, 6.45) is -0.921. The average Bonchev–Trinajstić information content (AvgIpc) is 2.15. The van der Waals surface area contributed by atoms with Crippen LogP contribution in [0.2, 0.25) is 0 Å². The number of anilines is 1. The molecule has 0 spiro atoms. The lowest BCUT2D eigenvalue weighted by Gasteiger charge is -2.08. The molecule has 1 rings (SSSR count). The number of halogens is 1. The van der Waals surface area contributed by atoms with E-state index in [1.54, 1.807) is 0 Å². The molecule has 0 aromatic heterocycles. The molecule has 1 aromatic rings. The van der Waals surface area contributed by atoms with Crippen molar-refractivity contribution in [2.75, 3.05) is 12.4 Å². The Kier molecular flexibility index (Phi) is 3.45. The van der Waals surface area contributed by atoms with Gasteiger partial charge in [0, 0.05) is 0 Å². The quantitative estimate of drug-likeness (QED) is 0.802. The zero-order chi connectivity index (χ0) is 12.3. The SMILES string of the molecule is COC(=O)Nc1cc(F)ccc1S(N)(=O)=O. The van der Waals surface area contributed by atoms with Crippen LogP contribution >= 0.6 is 0 Å². The summed E-state index contributed by atoms with van der Waals surface area (Å²) < 4.78 is 39.3.